The lowest BCUT2D eigenvalue weighted by atomic mass is 9.96. The Kier molecular flexibility index (Phi) is 8.16. The largest absolute Gasteiger partial charge is 0.378 e. The molecule has 10 heteroatoms. The van der Waals surface area contributed by atoms with Crippen molar-refractivity contribution in [1.29, 1.82) is 0 Å². The maximum Gasteiger partial charge on any atom is 0.290 e. The molecule has 0 radical (unpaired) electrons. The van der Waals surface area contributed by atoms with E-state index < -0.39 is 0 Å². The van der Waals surface area contributed by atoms with Gasteiger partial charge in [-0.2, -0.15) is 0 Å². The van der Waals surface area contributed by atoms with E-state index in [9.17, 15) is 9.59 Å². The maximum absolute atomic E-state index is 11.9. The van der Waals surface area contributed by atoms with E-state index in [1.807, 2.05) is 6.07 Å². The van der Waals surface area contributed by atoms with Gasteiger partial charge in [0.15, 0.2) is 0 Å². The Hall–Kier alpha value is -4.28. The monoisotopic (exact) mass is 579 g/mol. The minimum atomic E-state index is -0.382. The van der Waals surface area contributed by atoms with Gasteiger partial charge in [0.25, 0.3) is 11.1 Å². The molecule has 0 spiro atoms. The highest BCUT2D eigenvalue weighted by Crippen LogP contribution is 2.29. The van der Waals surface area contributed by atoms with E-state index in [0.717, 1.165) is 78.6 Å². The Morgan fingerprint density at radius 1 is 1.05 bits per heavy atom. The first-order chi connectivity index (χ1) is 20.4. The van der Waals surface area contributed by atoms with Crippen molar-refractivity contribution >= 4 is 51.5 Å². The van der Waals surface area contributed by atoms with Crippen LogP contribution in [-0.4, -0.2) is 59.8 Å². The van der Waals surface area contributed by atoms with Gasteiger partial charge in [-0.15, -0.1) is 0 Å². The molecule has 4 aromatic rings. The van der Waals surface area contributed by atoms with Gasteiger partial charge in [0, 0.05) is 56.6 Å². The molecule has 214 valence electrons. The van der Waals surface area contributed by atoms with Gasteiger partial charge in [-0.3, -0.25) is 14.9 Å². The number of aromatic nitrogens is 3. The van der Waals surface area contributed by atoms with Gasteiger partial charge in [-0.25, -0.2) is 15.0 Å². The summed E-state index contributed by atoms with van der Waals surface area (Å²) in [6, 6.07) is 20.8. The zero-order valence-corrected chi connectivity index (χ0v) is 24.5. The second-order valence-electron chi connectivity index (χ2n) is 10.8. The summed E-state index contributed by atoms with van der Waals surface area (Å²) in [7, 11) is 4.11. The average Bonchev–Trinajstić information content (AvgIpc) is 3.33. The number of benzene rings is 2. The number of anilines is 2. The summed E-state index contributed by atoms with van der Waals surface area (Å²) in [6.07, 6.45) is 5.40. The van der Waals surface area contributed by atoms with Crippen LogP contribution in [0.3, 0.4) is 0 Å². The Labute approximate surface area is 249 Å². The van der Waals surface area contributed by atoms with E-state index in [0.29, 0.717) is 22.5 Å². The molecule has 2 aliphatic heterocycles. The van der Waals surface area contributed by atoms with Crippen LogP contribution < -0.4 is 20.4 Å². The van der Waals surface area contributed by atoms with Gasteiger partial charge in [0.2, 0.25) is 5.95 Å². The highest BCUT2D eigenvalue weighted by molar-refractivity contribution is 8.18. The topological polar surface area (TPSA) is 103 Å². The van der Waals surface area contributed by atoms with Gasteiger partial charge < -0.3 is 15.1 Å². The number of nitrogens with zero attached hydrogens (tertiary/aromatic N) is 5. The number of imide groups is 1. The number of fused-ring (bicyclic) bond motifs is 1. The number of amides is 2. The van der Waals surface area contributed by atoms with Crippen molar-refractivity contribution in [3.63, 3.8) is 0 Å². The summed E-state index contributed by atoms with van der Waals surface area (Å²) in [5, 5.41) is 6.78. The van der Waals surface area contributed by atoms with Crippen LogP contribution in [0.2, 0.25) is 0 Å². The van der Waals surface area contributed by atoms with Crippen molar-refractivity contribution in [1.82, 2.24) is 25.6 Å². The molecule has 4 heterocycles. The third-order valence-electron chi connectivity index (χ3n) is 7.67. The Balaban J connectivity index is 1.09. The molecular formula is C32H33N7O2S. The second kappa shape index (κ2) is 12.3. The molecule has 2 aliphatic rings. The Morgan fingerprint density at radius 3 is 2.67 bits per heavy atom. The SMILES string of the molecule is CN(C)c1cccc(-c2nc3ccccc3cc2CNCC2CCN(c3nccc(/C=C4\SC(=O)NC4=O)n3)CC2)c1. The van der Waals surface area contributed by atoms with Crippen molar-refractivity contribution in [2.24, 2.45) is 5.92 Å². The zero-order chi connectivity index (χ0) is 29.1. The lowest BCUT2D eigenvalue weighted by Crippen LogP contribution is -2.38. The number of para-hydroxylation sites is 1. The van der Waals surface area contributed by atoms with Gasteiger partial charge in [0.05, 0.1) is 21.8 Å². The number of thioether (sulfide) groups is 1. The van der Waals surface area contributed by atoms with Crippen molar-refractivity contribution in [2.45, 2.75) is 19.4 Å². The molecule has 0 atom stereocenters. The molecule has 2 aromatic heterocycles. The number of carbonyl (C=O) groups excluding carboxylic acids is 2. The predicted molar refractivity (Wildman–Crippen MR) is 169 cm³/mol. The van der Waals surface area contributed by atoms with Crippen LogP contribution in [0, 0.1) is 5.92 Å². The van der Waals surface area contributed by atoms with E-state index in [4.69, 9.17) is 4.98 Å². The summed E-state index contributed by atoms with van der Waals surface area (Å²) < 4.78 is 0. The summed E-state index contributed by atoms with van der Waals surface area (Å²) in [6.45, 7) is 3.39. The number of pyridine rings is 1. The highest BCUT2D eigenvalue weighted by atomic mass is 32.2. The lowest BCUT2D eigenvalue weighted by Gasteiger charge is -2.32. The van der Waals surface area contributed by atoms with E-state index in [2.05, 4.69) is 93.0 Å². The molecule has 6 rings (SSSR count). The molecule has 0 aliphatic carbocycles. The number of piperidine rings is 1. The molecule has 2 N–H and O–H groups in total. The molecule has 2 fully saturated rings. The lowest BCUT2D eigenvalue weighted by molar-refractivity contribution is -0.115. The van der Waals surface area contributed by atoms with E-state index in [1.165, 1.54) is 5.56 Å². The summed E-state index contributed by atoms with van der Waals surface area (Å²) in [5.74, 6) is 0.814. The third-order valence-corrected chi connectivity index (χ3v) is 8.48. The zero-order valence-electron chi connectivity index (χ0n) is 23.7. The molecule has 0 saturated carbocycles. The number of carbonyl (C=O) groups is 2. The first-order valence-corrected chi connectivity index (χ1v) is 14.9. The van der Waals surface area contributed by atoms with Crippen molar-refractivity contribution < 1.29 is 9.59 Å². The fourth-order valence-corrected chi connectivity index (χ4v) is 6.04. The van der Waals surface area contributed by atoms with Crippen LogP contribution in [0.1, 0.15) is 24.1 Å². The van der Waals surface area contributed by atoms with E-state index >= 15 is 0 Å². The minimum Gasteiger partial charge on any atom is -0.378 e. The summed E-state index contributed by atoms with van der Waals surface area (Å²) in [5.41, 5.74) is 6.10. The Morgan fingerprint density at radius 2 is 1.88 bits per heavy atom. The molecular weight excluding hydrogens is 546 g/mol. The minimum absolute atomic E-state index is 0.351. The van der Waals surface area contributed by atoms with Crippen LogP contribution in [-0.2, 0) is 11.3 Å². The normalized spacial score (nSPS) is 16.8. The molecule has 0 bridgehead atoms. The van der Waals surface area contributed by atoms with Crippen molar-refractivity contribution in [3.05, 3.63) is 83.0 Å². The molecule has 42 heavy (non-hydrogen) atoms. The standard InChI is InChI=1S/C32H33N7O2S/c1-38(2)26-8-5-7-23(17-26)29-24(16-22-6-3-4-9-27(22)36-29)20-33-19-21-11-14-39(15-12-21)31-34-13-10-25(35-31)18-28-30(40)37-32(41)42-28/h3-10,13,16-18,21,33H,11-12,14-15,19-20H2,1-2H3,(H,37,40,41)/b28-18-. The van der Waals surface area contributed by atoms with E-state index in [1.54, 1.807) is 18.3 Å². The van der Waals surface area contributed by atoms with Gasteiger partial charge in [-0.1, -0.05) is 30.3 Å². The van der Waals surface area contributed by atoms with Gasteiger partial charge >= 0.3 is 0 Å². The van der Waals surface area contributed by atoms with Crippen LogP contribution in [0.15, 0.2) is 71.8 Å². The maximum atomic E-state index is 11.9. The molecule has 2 amide bonds. The van der Waals surface area contributed by atoms with Crippen LogP contribution in [0.25, 0.3) is 28.2 Å². The second-order valence-corrected chi connectivity index (χ2v) is 11.8. The van der Waals surface area contributed by atoms with E-state index in [-0.39, 0.29) is 11.1 Å². The molecule has 9 nitrogen and oxygen atoms in total. The Bertz CT molecular complexity index is 1660. The number of hydrogen-bond donors (Lipinski definition) is 2. The quantitative estimate of drug-likeness (QED) is 0.276. The fourth-order valence-electron chi connectivity index (χ4n) is 5.37. The summed E-state index contributed by atoms with van der Waals surface area (Å²) in [4.78, 5) is 42.2. The molecule has 2 saturated heterocycles. The van der Waals surface area contributed by atoms with Crippen LogP contribution >= 0.6 is 11.8 Å². The van der Waals surface area contributed by atoms with Crippen LogP contribution in [0.5, 0.6) is 0 Å². The number of nitrogens with one attached hydrogen (secondary N) is 2. The fraction of sp³-hybridized carbons (Fsp3) is 0.281. The van der Waals surface area contributed by atoms with Crippen LogP contribution in [0.4, 0.5) is 16.4 Å². The average molecular weight is 580 g/mol. The number of hydrogen-bond acceptors (Lipinski definition) is 9. The van der Waals surface area contributed by atoms with Crippen molar-refractivity contribution in [3.8, 4) is 11.3 Å². The smallest absolute Gasteiger partial charge is 0.290 e. The first-order valence-electron chi connectivity index (χ1n) is 14.1. The summed E-state index contributed by atoms with van der Waals surface area (Å²) >= 11 is 0.892. The van der Waals surface area contributed by atoms with Gasteiger partial charge in [-0.05, 0) is 79.0 Å². The van der Waals surface area contributed by atoms with Gasteiger partial charge in [0.1, 0.15) is 0 Å². The first kappa shape index (κ1) is 27.9. The molecule has 0 unspecified atom stereocenters. The number of rotatable bonds is 8. The third kappa shape index (κ3) is 6.29. The van der Waals surface area contributed by atoms with Crippen molar-refractivity contribution in [2.75, 3.05) is 43.5 Å². The highest BCUT2D eigenvalue weighted by Gasteiger charge is 2.26. The molecule has 2 aromatic carbocycles. The predicted octanol–water partition coefficient (Wildman–Crippen LogP) is 5.09.